The van der Waals surface area contributed by atoms with Crippen molar-refractivity contribution in [2.24, 2.45) is 0 Å². The second-order valence-corrected chi connectivity index (χ2v) is 16.2. The molecule has 0 unspecified atom stereocenters. The van der Waals surface area contributed by atoms with E-state index in [1.807, 2.05) is 4.68 Å². The molecule has 0 atom stereocenters. The summed E-state index contributed by atoms with van der Waals surface area (Å²) in [5, 5.41) is 10.2. The van der Waals surface area contributed by atoms with Crippen LogP contribution >= 0.6 is 0 Å². The van der Waals surface area contributed by atoms with Gasteiger partial charge >= 0.3 is 7.12 Å². The molecule has 1 aromatic carbocycles. The van der Waals surface area contributed by atoms with Crippen LogP contribution in [0, 0.1) is 0 Å². The fraction of sp³-hybridized carbons (Fsp3) is 0.636. The Bertz CT molecular complexity index is 861. The molecule has 0 aliphatic carbocycles. The van der Waals surface area contributed by atoms with Crippen molar-refractivity contribution in [3.05, 3.63) is 35.4 Å². The molecule has 1 fully saturated rings. The third-order valence-electron chi connectivity index (χ3n) is 6.11. The van der Waals surface area contributed by atoms with Crippen LogP contribution < -0.4 is 10.9 Å². The lowest BCUT2D eigenvalue weighted by molar-refractivity contribution is 0.00578. The highest BCUT2D eigenvalue weighted by Crippen LogP contribution is 2.36. The zero-order chi connectivity index (χ0) is 21.8. The number of rotatable bonds is 4. The number of hydrogen-bond acceptors (Lipinski definition) is 4. The van der Waals surface area contributed by atoms with E-state index in [0.717, 1.165) is 10.9 Å². The van der Waals surface area contributed by atoms with Gasteiger partial charge in [-0.2, -0.15) is 0 Å². The number of hydrogen-bond donors (Lipinski definition) is 0. The molecule has 0 amide bonds. The largest absolute Gasteiger partial charge is 0.515 e. The molecule has 0 bridgehead atoms. The van der Waals surface area contributed by atoms with Gasteiger partial charge in [0.25, 0.3) is 0 Å². The maximum Gasteiger partial charge on any atom is 0.515 e. The molecule has 1 aromatic heterocycles. The molecular formula is C22H36BN3O2Si. The molecule has 5 nitrogen and oxygen atoms in total. The monoisotopic (exact) mass is 413 g/mol. The van der Waals surface area contributed by atoms with Gasteiger partial charge in [0.15, 0.2) is 0 Å². The molecule has 2 aromatic rings. The summed E-state index contributed by atoms with van der Waals surface area (Å²) < 4.78 is 14.7. The summed E-state index contributed by atoms with van der Waals surface area (Å²) in [6, 6.07) is 8.79. The first-order valence-corrected chi connectivity index (χ1v) is 14.0. The van der Waals surface area contributed by atoms with E-state index in [4.69, 9.17) is 9.31 Å². The van der Waals surface area contributed by atoms with Crippen molar-refractivity contribution >= 4 is 26.1 Å². The fourth-order valence-electron chi connectivity index (χ4n) is 3.44. The van der Waals surface area contributed by atoms with E-state index < -0.39 is 26.4 Å². The predicted molar refractivity (Wildman–Crippen MR) is 123 cm³/mol. The van der Waals surface area contributed by atoms with Crippen LogP contribution in [0.15, 0.2) is 24.3 Å². The summed E-state index contributed by atoms with van der Waals surface area (Å²) in [5.41, 5.74) is 2.86. The molecule has 3 rings (SSSR count). The van der Waals surface area contributed by atoms with Crippen molar-refractivity contribution < 1.29 is 9.31 Å². The molecule has 0 N–H and O–H groups in total. The van der Waals surface area contributed by atoms with Crippen LogP contribution in [0.25, 0.3) is 0 Å². The molecule has 2 heterocycles. The van der Waals surface area contributed by atoms with Crippen LogP contribution in [0.4, 0.5) is 0 Å². The number of benzene rings is 1. The SMILES string of the molecule is CC(C)(C)c1ccc(Cn2nnc([Si](C)(C)C)c2B2OC(C)(C)C(C)(C)O2)cc1. The maximum atomic E-state index is 6.39. The first-order valence-electron chi connectivity index (χ1n) is 10.5. The lowest BCUT2D eigenvalue weighted by Crippen LogP contribution is -2.56. The second-order valence-electron chi connectivity index (χ2n) is 11.3. The zero-order valence-corrected chi connectivity index (χ0v) is 20.8. The first-order chi connectivity index (χ1) is 13.1. The van der Waals surface area contributed by atoms with Crippen molar-refractivity contribution in [1.29, 1.82) is 0 Å². The highest BCUT2D eigenvalue weighted by molar-refractivity contribution is 6.91. The molecule has 158 valence electrons. The Labute approximate surface area is 177 Å². The van der Waals surface area contributed by atoms with Crippen LogP contribution in [0.3, 0.4) is 0 Å². The van der Waals surface area contributed by atoms with E-state index in [1.165, 1.54) is 11.1 Å². The van der Waals surface area contributed by atoms with E-state index >= 15 is 0 Å². The maximum absolute atomic E-state index is 6.39. The Hall–Kier alpha value is -1.44. The van der Waals surface area contributed by atoms with E-state index in [9.17, 15) is 0 Å². The van der Waals surface area contributed by atoms with Crippen LogP contribution in [0.2, 0.25) is 19.6 Å². The third kappa shape index (κ3) is 4.37. The summed E-state index contributed by atoms with van der Waals surface area (Å²) in [6.45, 7) is 22.5. The van der Waals surface area contributed by atoms with Gasteiger partial charge in [-0.15, -0.1) is 5.10 Å². The summed E-state index contributed by atoms with van der Waals surface area (Å²) in [7, 11) is -2.18. The molecule has 7 heteroatoms. The molecule has 1 saturated heterocycles. The van der Waals surface area contributed by atoms with Crippen molar-refractivity contribution in [2.75, 3.05) is 0 Å². The van der Waals surface area contributed by atoms with Gasteiger partial charge in [0.2, 0.25) is 0 Å². The molecule has 29 heavy (non-hydrogen) atoms. The normalized spacial score (nSPS) is 19.0. The van der Waals surface area contributed by atoms with E-state index in [-0.39, 0.29) is 5.41 Å². The molecule has 1 aliphatic rings. The molecular weight excluding hydrogens is 377 g/mol. The number of nitrogens with zero attached hydrogens (tertiary/aromatic N) is 3. The topological polar surface area (TPSA) is 49.2 Å². The van der Waals surface area contributed by atoms with Gasteiger partial charge in [0, 0.05) is 0 Å². The minimum absolute atomic E-state index is 0.143. The summed E-state index contributed by atoms with van der Waals surface area (Å²) in [6.07, 6.45) is 0. The summed E-state index contributed by atoms with van der Waals surface area (Å²) in [4.78, 5) is 0. The predicted octanol–water partition coefficient (Wildman–Crippen LogP) is 3.47. The third-order valence-corrected chi connectivity index (χ3v) is 7.89. The lowest BCUT2D eigenvalue weighted by Gasteiger charge is -2.32. The van der Waals surface area contributed by atoms with Gasteiger partial charge in [-0.3, -0.25) is 0 Å². The van der Waals surface area contributed by atoms with E-state index in [0.29, 0.717) is 6.54 Å². The average Bonchev–Trinajstić information content (AvgIpc) is 3.05. The first kappa shape index (κ1) is 22.3. The Morgan fingerprint density at radius 3 is 1.93 bits per heavy atom. The molecule has 0 saturated carbocycles. The van der Waals surface area contributed by atoms with Crippen LogP contribution in [-0.2, 0) is 21.3 Å². The van der Waals surface area contributed by atoms with Gasteiger partial charge in [0.1, 0.15) is 8.07 Å². The number of aromatic nitrogens is 3. The smallest absolute Gasteiger partial charge is 0.398 e. The zero-order valence-electron chi connectivity index (χ0n) is 19.8. The van der Waals surface area contributed by atoms with Gasteiger partial charge in [-0.1, -0.05) is 69.9 Å². The average molecular weight is 413 g/mol. The van der Waals surface area contributed by atoms with Gasteiger partial charge < -0.3 is 9.31 Å². The Morgan fingerprint density at radius 1 is 0.966 bits per heavy atom. The standard InChI is InChI=1S/C22H36BN3O2Si/c1-20(2,3)17-13-11-16(12-14-17)15-26-18(19(24-25-26)29(8,9)10)23-27-21(4,5)22(6,7)28-23/h11-14H,15H2,1-10H3. The van der Waals surface area contributed by atoms with E-state index in [2.05, 4.69) is 103 Å². The van der Waals surface area contributed by atoms with Gasteiger partial charge in [-0.25, -0.2) is 4.68 Å². The quantitative estimate of drug-likeness (QED) is 0.721. The minimum atomic E-state index is -1.72. The molecule has 1 aliphatic heterocycles. The van der Waals surface area contributed by atoms with Crippen LogP contribution in [0.5, 0.6) is 0 Å². The van der Waals surface area contributed by atoms with Crippen molar-refractivity contribution in [3.8, 4) is 0 Å². The highest BCUT2D eigenvalue weighted by Gasteiger charge is 2.54. The van der Waals surface area contributed by atoms with Gasteiger partial charge in [0.05, 0.1) is 28.7 Å². The fourth-order valence-corrected chi connectivity index (χ4v) is 4.80. The Balaban J connectivity index is 1.98. The molecule has 0 spiro atoms. The van der Waals surface area contributed by atoms with Crippen molar-refractivity contribution in [2.45, 2.75) is 91.3 Å². The minimum Gasteiger partial charge on any atom is -0.398 e. The second kappa shape index (κ2) is 7.07. The highest BCUT2D eigenvalue weighted by atomic mass is 28.3. The summed E-state index contributed by atoms with van der Waals surface area (Å²) >= 11 is 0. The van der Waals surface area contributed by atoms with Gasteiger partial charge in [-0.05, 0) is 44.2 Å². The van der Waals surface area contributed by atoms with Crippen LogP contribution in [-0.4, -0.2) is 41.4 Å². The van der Waals surface area contributed by atoms with Crippen molar-refractivity contribution in [1.82, 2.24) is 15.0 Å². The molecule has 0 radical (unpaired) electrons. The lowest BCUT2D eigenvalue weighted by atomic mass is 9.84. The Morgan fingerprint density at radius 2 is 1.48 bits per heavy atom. The van der Waals surface area contributed by atoms with E-state index in [1.54, 1.807) is 0 Å². The van der Waals surface area contributed by atoms with Crippen LogP contribution in [0.1, 0.15) is 59.6 Å². The summed E-state index contributed by atoms with van der Waals surface area (Å²) in [5.74, 6) is 0. The van der Waals surface area contributed by atoms with Crippen molar-refractivity contribution in [3.63, 3.8) is 0 Å². The Kier molecular flexibility index (Phi) is 5.42.